The molecule has 1 aliphatic carbocycles. The molecule has 1 saturated carbocycles. The van der Waals surface area contributed by atoms with Crippen LogP contribution < -0.4 is 10.6 Å². The molecule has 3 aliphatic rings. The number of rotatable bonds is 5. The Bertz CT molecular complexity index is 632. The lowest BCUT2D eigenvalue weighted by Crippen LogP contribution is -2.44. The molecule has 4 rings (SSSR count). The number of nitrogens with one attached hydrogen (secondary N) is 2. The molecule has 2 atom stereocenters. The van der Waals surface area contributed by atoms with Gasteiger partial charge in [-0.25, -0.2) is 0 Å². The second-order valence-corrected chi connectivity index (χ2v) is 9.30. The third-order valence-corrected chi connectivity index (χ3v) is 7.77. The fourth-order valence-electron chi connectivity index (χ4n) is 4.74. The highest BCUT2D eigenvalue weighted by atomic mass is 32.2. The smallest absolute Gasteiger partial charge is 0.232 e. The molecule has 2 heterocycles. The van der Waals surface area contributed by atoms with Crippen LogP contribution in [0.5, 0.6) is 0 Å². The summed E-state index contributed by atoms with van der Waals surface area (Å²) in [4.78, 5) is 13.1. The minimum Gasteiger partial charge on any atom is -0.381 e. The van der Waals surface area contributed by atoms with Crippen LogP contribution in [0.3, 0.4) is 0 Å². The Morgan fingerprint density at radius 2 is 2.15 bits per heavy atom. The third kappa shape index (κ3) is 3.95. The van der Waals surface area contributed by atoms with Gasteiger partial charge in [-0.2, -0.15) is 11.8 Å². The van der Waals surface area contributed by atoms with E-state index in [1.165, 1.54) is 24.8 Å². The Morgan fingerprint density at radius 3 is 3.04 bits per heavy atom. The molecular formula is C21H30N2O2S. The molecule has 2 aliphatic heterocycles. The summed E-state index contributed by atoms with van der Waals surface area (Å²) in [7, 11) is 0. The van der Waals surface area contributed by atoms with Gasteiger partial charge in [-0.05, 0) is 55.8 Å². The quantitative estimate of drug-likeness (QED) is 0.823. The molecule has 1 aromatic rings. The standard InChI is InChI=1S/C21H30N2O2S/c24-20(21-9-2-1-5-17(21)13-22-15-21)23-18-6-3-4-16(12-18)14-26-19-7-10-25-11-8-19/h3-4,6,12,17,19,22H,1-2,5,7-11,13-15H2,(H,23,24)/t17-,21+/m0/s1. The van der Waals surface area contributed by atoms with Gasteiger partial charge < -0.3 is 15.4 Å². The van der Waals surface area contributed by atoms with Gasteiger partial charge >= 0.3 is 0 Å². The fourth-order valence-corrected chi connectivity index (χ4v) is 5.88. The Morgan fingerprint density at radius 1 is 1.27 bits per heavy atom. The molecule has 1 amide bonds. The van der Waals surface area contributed by atoms with E-state index < -0.39 is 0 Å². The molecule has 0 radical (unpaired) electrons. The summed E-state index contributed by atoms with van der Waals surface area (Å²) in [6, 6.07) is 8.41. The monoisotopic (exact) mass is 374 g/mol. The van der Waals surface area contributed by atoms with Crippen LogP contribution in [0, 0.1) is 11.3 Å². The maximum absolute atomic E-state index is 13.1. The highest BCUT2D eigenvalue weighted by Crippen LogP contribution is 2.44. The van der Waals surface area contributed by atoms with Gasteiger partial charge in [0, 0.05) is 36.4 Å². The van der Waals surface area contributed by atoms with E-state index in [0.717, 1.165) is 57.0 Å². The van der Waals surface area contributed by atoms with Gasteiger partial charge in [0.25, 0.3) is 0 Å². The molecule has 142 valence electrons. The number of carbonyl (C=O) groups is 1. The predicted octanol–water partition coefficient (Wildman–Crippen LogP) is 3.82. The molecule has 0 spiro atoms. The lowest BCUT2D eigenvalue weighted by molar-refractivity contribution is -0.128. The molecule has 3 fully saturated rings. The van der Waals surface area contributed by atoms with Crippen molar-refractivity contribution in [3.05, 3.63) is 29.8 Å². The number of thioether (sulfide) groups is 1. The van der Waals surface area contributed by atoms with E-state index in [4.69, 9.17) is 4.74 Å². The van der Waals surface area contributed by atoms with Gasteiger partial charge in [0.2, 0.25) is 5.91 Å². The molecule has 0 aromatic heterocycles. The molecule has 1 aromatic carbocycles. The number of ether oxygens (including phenoxy) is 1. The first-order valence-corrected chi connectivity index (χ1v) is 11.1. The number of amides is 1. The first kappa shape index (κ1) is 18.3. The maximum Gasteiger partial charge on any atom is 0.232 e. The van der Waals surface area contributed by atoms with E-state index in [9.17, 15) is 4.79 Å². The average Bonchev–Trinajstić information content (AvgIpc) is 3.13. The molecule has 26 heavy (non-hydrogen) atoms. The summed E-state index contributed by atoms with van der Waals surface area (Å²) in [6.45, 7) is 3.62. The molecular weight excluding hydrogens is 344 g/mol. The predicted molar refractivity (Wildman–Crippen MR) is 107 cm³/mol. The molecule has 4 nitrogen and oxygen atoms in total. The van der Waals surface area contributed by atoms with Crippen molar-refractivity contribution in [1.82, 2.24) is 5.32 Å². The average molecular weight is 375 g/mol. The third-order valence-electron chi connectivity index (χ3n) is 6.33. The normalized spacial score (nSPS) is 29.3. The van der Waals surface area contributed by atoms with Crippen LogP contribution in [-0.4, -0.2) is 37.5 Å². The zero-order valence-corrected chi connectivity index (χ0v) is 16.3. The number of anilines is 1. The molecule has 2 saturated heterocycles. The zero-order valence-electron chi connectivity index (χ0n) is 15.5. The van der Waals surface area contributed by atoms with Crippen molar-refractivity contribution in [2.45, 2.75) is 49.5 Å². The van der Waals surface area contributed by atoms with Crippen LogP contribution in [0.15, 0.2) is 24.3 Å². The van der Waals surface area contributed by atoms with Gasteiger partial charge in [0.1, 0.15) is 0 Å². The first-order chi connectivity index (χ1) is 12.8. The van der Waals surface area contributed by atoms with Gasteiger partial charge in [-0.3, -0.25) is 4.79 Å². The van der Waals surface area contributed by atoms with Gasteiger partial charge in [0.15, 0.2) is 0 Å². The summed E-state index contributed by atoms with van der Waals surface area (Å²) < 4.78 is 5.44. The summed E-state index contributed by atoms with van der Waals surface area (Å²) in [5.41, 5.74) is 2.05. The van der Waals surface area contributed by atoms with Crippen LogP contribution in [0.25, 0.3) is 0 Å². The topological polar surface area (TPSA) is 50.4 Å². The summed E-state index contributed by atoms with van der Waals surface area (Å²) in [6.07, 6.45) is 6.95. The highest BCUT2D eigenvalue weighted by molar-refractivity contribution is 7.99. The van der Waals surface area contributed by atoms with E-state index in [2.05, 4.69) is 28.8 Å². The van der Waals surface area contributed by atoms with E-state index in [-0.39, 0.29) is 11.3 Å². The van der Waals surface area contributed by atoms with Gasteiger partial charge in [0.05, 0.1) is 5.41 Å². The number of fused-ring (bicyclic) bond motifs is 1. The Hall–Kier alpha value is -1.04. The lowest BCUT2D eigenvalue weighted by atomic mass is 9.67. The second kappa shape index (κ2) is 8.32. The van der Waals surface area contributed by atoms with Crippen molar-refractivity contribution in [3.8, 4) is 0 Å². The van der Waals surface area contributed by atoms with Crippen LogP contribution in [0.2, 0.25) is 0 Å². The molecule has 2 N–H and O–H groups in total. The molecule has 5 heteroatoms. The Balaban J connectivity index is 1.38. The van der Waals surface area contributed by atoms with Crippen molar-refractivity contribution >= 4 is 23.4 Å². The van der Waals surface area contributed by atoms with Crippen LogP contribution in [0.4, 0.5) is 5.69 Å². The number of hydrogen-bond donors (Lipinski definition) is 2. The van der Waals surface area contributed by atoms with E-state index in [1.54, 1.807) is 0 Å². The van der Waals surface area contributed by atoms with Crippen molar-refractivity contribution < 1.29 is 9.53 Å². The van der Waals surface area contributed by atoms with Gasteiger partial charge in [-0.15, -0.1) is 0 Å². The number of carbonyl (C=O) groups excluding carboxylic acids is 1. The largest absolute Gasteiger partial charge is 0.381 e. The summed E-state index contributed by atoms with van der Waals surface area (Å²) in [5, 5.41) is 7.41. The van der Waals surface area contributed by atoms with Crippen molar-refractivity contribution in [2.24, 2.45) is 11.3 Å². The van der Waals surface area contributed by atoms with Gasteiger partial charge in [-0.1, -0.05) is 25.0 Å². The minimum atomic E-state index is -0.189. The fraction of sp³-hybridized carbons (Fsp3) is 0.667. The Kier molecular flexibility index (Phi) is 5.87. The van der Waals surface area contributed by atoms with Crippen LogP contribution in [0.1, 0.15) is 44.1 Å². The van der Waals surface area contributed by atoms with E-state index in [1.807, 2.05) is 17.8 Å². The lowest BCUT2D eigenvalue weighted by Gasteiger charge is -2.37. The highest BCUT2D eigenvalue weighted by Gasteiger charge is 2.49. The first-order valence-electron chi connectivity index (χ1n) is 10.1. The number of benzene rings is 1. The summed E-state index contributed by atoms with van der Waals surface area (Å²) in [5.74, 6) is 1.73. The zero-order chi connectivity index (χ0) is 17.8. The van der Waals surface area contributed by atoms with Crippen molar-refractivity contribution in [3.63, 3.8) is 0 Å². The van der Waals surface area contributed by atoms with E-state index in [0.29, 0.717) is 11.2 Å². The maximum atomic E-state index is 13.1. The van der Waals surface area contributed by atoms with Crippen LogP contribution >= 0.6 is 11.8 Å². The number of hydrogen-bond acceptors (Lipinski definition) is 4. The minimum absolute atomic E-state index is 0.189. The molecule has 0 bridgehead atoms. The van der Waals surface area contributed by atoms with E-state index >= 15 is 0 Å². The summed E-state index contributed by atoms with van der Waals surface area (Å²) >= 11 is 2.02. The van der Waals surface area contributed by atoms with Crippen LogP contribution in [-0.2, 0) is 15.3 Å². The SMILES string of the molecule is O=C(Nc1cccc(CSC2CCOCC2)c1)[C@@]12CCCC[C@H]1CNC2. The second-order valence-electron chi connectivity index (χ2n) is 8.01. The van der Waals surface area contributed by atoms with Crippen molar-refractivity contribution in [1.29, 1.82) is 0 Å². The molecule has 0 unspecified atom stereocenters. The van der Waals surface area contributed by atoms with Crippen molar-refractivity contribution in [2.75, 3.05) is 31.6 Å². The Labute approximate surface area is 160 Å².